The second-order valence-electron chi connectivity index (χ2n) is 5.88. The molecule has 1 fully saturated rings. The van der Waals surface area contributed by atoms with Crippen LogP contribution < -0.4 is 10.6 Å². The van der Waals surface area contributed by atoms with Gasteiger partial charge in [0.15, 0.2) is 0 Å². The monoisotopic (exact) mass is 270 g/mol. The fourth-order valence-electron chi connectivity index (χ4n) is 2.18. The molecule has 0 aromatic carbocycles. The lowest BCUT2D eigenvalue weighted by Crippen LogP contribution is -2.33. The van der Waals surface area contributed by atoms with Gasteiger partial charge in [0, 0.05) is 32.0 Å². The summed E-state index contributed by atoms with van der Waals surface area (Å²) in [6, 6.07) is 0.619. The zero-order valence-corrected chi connectivity index (χ0v) is 11.9. The summed E-state index contributed by atoms with van der Waals surface area (Å²) in [4.78, 5) is 22.4. The molecule has 1 amide bonds. The van der Waals surface area contributed by atoms with Crippen LogP contribution >= 0.6 is 0 Å². The minimum absolute atomic E-state index is 0.00675. The maximum Gasteiger partial charge on any atom is 0.303 e. The van der Waals surface area contributed by atoms with E-state index in [1.165, 1.54) is 12.8 Å². The van der Waals surface area contributed by atoms with E-state index in [1.807, 2.05) is 0 Å². The molecule has 19 heavy (non-hydrogen) atoms. The van der Waals surface area contributed by atoms with Crippen molar-refractivity contribution in [3.8, 4) is 0 Å². The number of nitrogens with one attached hydrogen (secondary N) is 2. The van der Waals surface area contributed by atoms with Crippen molar-refractivity contribution in [3.63, 3.8) is 0 Å². The van der Waals surface area contributed by atoms with Gasteiger partial charge >= 0.3 is 5.97 Å². The average Bonchev–Trinajstić information content (AvgIpc) is 3.08. The highest BCUT2D eigenvalue weighted by atomic mass is 16.4. The van der Waals surface area contributed by atoms with E-state index in [0.717, 1.165) is 6.42 Å². The predicted molar refractivity (Wildman–Crippen MR) is 73.8 cm³/mol. The molecule has 1 aliphatic rings. The lowest BCUT2D eigenvalue weighted by molar-refractivity contribution is -0.138. The van der Waals surface area contributed by atoms with E-state index in [0.29, 0.717) is 31.5 Å². The smallest absolute Gasteiger partial charge is 0.303 e. The van der Waals surface area contributed by atoms with Crippen LogP contribution in [0.5, 0.6) is 0 Å². The van der Waals surface area contributed by atoms with E-state index in [9.17, 15) is 9.59 Å². The van der Waals surface area contributed by atoms with Gasteiger partial charge in [0.1, 0.15) is 0 Å². The van der Waals surface area contributed by atoms with E-state index in [4.69, 9.17) is 5.11 Å². The Balaban J connectivity index is 2.16. The molecule has 0 unspecified atom stereocenters. The van der Waals surface area contributed by atoms with Crippen LogP contribution in [0.25, 0.3) is 0 Å². The molecule has 1 rings (SSSR count). The third-order valence-electron chi connectivity index (χ3n) is 3.22. The van der Waals surface area contributed by atoms with Crippen LogP contribution in [0, 0.1) is 11.8 Å². The molecule has 0 aliphatic heterocycles. The van der Waals surface area contributed by atoms with E-state index < -0.39 is 5.97 Å². The van der Waals surface area contributed by atoms with E-state index in [1.54, 1.807) is 0 Å². The number of carboxylic acid groups (broad SMARTS) is 1. The van der Waals surface area contributed by atoms with Gasteiger partial charge in [-0.3, -0.25) is 9.59 Å². The first kappa shape index (κ1) is 16.0. The number of aliphatic carboxylic acids is 1. The fourth-order valence-corrected chi connectivity index (χ4v) is 2.18. The van der Waals surface area contributed by atoms with Crippen molar-refractivity contribution in [2.75, 3.05) is 13.1 Å². The van der Waals surface area contributed by atoms with Crippen molar-refractivity contribution < 1.29 is 14.7 Å². The predicted octanol–water partition coefficient (Wildman–Crippen LogP) is 1.38. The topological polar surface area (TPSA) is 78.4 Å². The molecule has 0 spiro atoms. The Hall–Kier alpha value is -1.10. The number of carbonyl (C=O) groups excluding carboxylic acids is 1. The Morgan fingerprint density at radius 3 is 2.53 bits per heavy atom. The average molecular weight is 270 g/mol. The maximum atomic E-state index is 11.6. The molecule has 5 nitrogen and oxygen atoms in total. The number of amides is 1. The summed E-state index contributed by atoms with van der Waals surface area (Å²) in [7, 11) is 0. The Morgan fingerprint density at radius 1 is 1.32 bits per heavy atom. The number of hydrogen-bond acceptors (Lipinski definition) is 3. The SMILES string of the molecule is CC(C)C[C@H](CNC(=O)CCNC1CC1)CC(=O)O. The summed E-state index contributed by atoms with van der Waals surface area (Å²) in [5.74, 6) is -0.321. The molecule has 0 bridgehead atoms. The van der Waals surface area contributed by atoms with Crippen LogP contribution in [0.3, 0.4) is 0 Å². The van der Waals surface area contributed by atoms with Gasteiger partial charge in [0.25, 0.3) is 0 Å². The van der Waals surface area contributed by atoms with E-state index >= 15 is 0 Å². The normalized spacial score (nSPS) is 16.4. The summed E-state index contributed by atoms with van der Waals surface area (Å²) in [5, 5.41) is 15.0. The number of carbonyl (C=O) groups is 2. The van der Waals surface area contributed by atoms with Crippen LogP contribution in [-0.2, 0) is 9.59 Å². The third kappa shape index (κ3) is 8.59. The van der Waals surface area contributed by atoms with Crippen molar-refractivity contribution in [2.24, 2.45) is 11.8 Å². The second-order valence-corrected chi connectivity index (χ2v) is 5.88. The molecule has 0 aromatic rings. The van der Waals surface area contributed by atoms with Crippen molar-refractivity contribution in [1.82, 2.24) is 10.6 Å². The molecule has 1 aliphatic carbocycles. The van der Waals surface area contributed by atoms with Gasteiger partial charge in [0.2, 0.25) is 5.91 Å². The number of hydrogen-bond donors (Lipinski definition) is 3. The van der Waals surface area contributed by atoms with Crippen LogP contribution in [0.4, 0.5) is 0 Å². The zero-order chi connectivity index (χ0) is 14.3. The first-order valence-corrected chi connectivity index (χ1v) is 7.19. The molecule has 0 saturated heterocycles. The van der Waals surface area contributed by atoms with Crippen LogP contribution in [0.15, 0.2) is 0 Å². The third-order valence-corrected chi connectivity index (χ3v) is 3.22. The lowest BCUT2D eigenvalue weighted by Gasteiger charge is -2.17. The van der Waals surface area contributed by atoms with Gasteiger partial charge in [-0.15, -0.1) is 0 Å². The van der Waals surface area contributed by atoms with Crippen LogP contribution in [0.2, 0.25) is 0 Å². The Bertz CT molecular complexity index is 301. The molecule has 0 heterocycles. The Labute approximate surface area is 115 Å². The quantitative estimate of drug-likeness (QED) is 0.560. The molecule has 1 saturated carbocycles. The highest BCUT2D eigenvalue weighted by molar-refractivity contribution is 5.76. The standard InChI is InChI=1S/C14H26N2O3/c1-10(2)7-11(8-14(18)19)9-16-13(17)5-6-15-12-3-4-12/h10-12,15H,3-9H2,1-2H3,(H,16,17)(H,18,19)/t11-/m0/s1. The fraction of sp³-hybridized carbons (Fsp3) is 0.857. The highest BCUT2D eigenvalue weighted by Crippen LogP contribution is 2.18. The molecule has 5 heteroatoms. The molecule has 110 valence electrons. The van der Waals surface area contributed by atoms with Gasteiger partial charge in [-0.2, -0.15) is 0 Å². The van der Waals surface area contributed by atoms with E-state index in [-0.39, 0.29) is 18.2 Å². The molecular weight excluding hydrogens is 244 g/mol. The first-order valence-electron chi connectivity index (χ1n) is 7.19. The maximum absolute atomic E-state index is 11.6. The lowest BCUT2D eigenvalue weighted by atomic mass is 9.94. The first-order chi connectivity index (χ1) is 8.97. The summed E-state index contributed by atoms with van der Waals surface area (Å²) in [6.07, 6.45) is 3.86. The summed E-state index contributed by atoms with van der Waals surface area (Å²) in [6.45, 7) is 5.31. The Morgan fingerprint density at radius 2 is 2.00 bits per heavy atom. The minimum Gasteiger partial charge on any atom is -0.481 e. The van der Waals surface area contributed by atoms with Crippen molar-refractivity contribution in [2.45, 2.75) is 52.0 Å². The molecular formula is C14H26N2O3. The van der Waals surface area contributed by atoms with Gasteiger partial charge in [-0.05, 0) is 31.1 Å². The number of rotatable bonds is 10. The zero-order valence-electron chi connectivity index (χ0n) is 11.9. The minimum atomic E-state index is -0.796. The summed E-state index contributed by atoms with van der Waals surface area (Å²) >= 11 is 0. The van der Waals surface area contributed by atoms with Crippen molar-refractivity contribution in [1.29, 1.82) is 0 Å². The van der Waals surface area contributed by atoms with Gasteiger partial charge in [0.05, 0.1) is 0 Å². The summed E-state index contributed by atoms with van der Waals surface area (Å²) < 4.78 is 0. The van der Waals surface area contributed by atoms with Crippen LogP contribution in [0.1, 0.15) is 46.0 Å². The van der Waals surface area contributed by atoms with Gasteiger partial charge < -0.3 is 15.7 Å². The molecule has 0 radical (unpaired) electrons. The molecule has 3 N–H and O–H groups in total. The number of carboxylic acids is 1. The van der Waals surface area contributed by atoms with E-state index in [2.05, 4.69) is 24.5 Å². The molecule has 0 aromatic heterocycles. The van der Waals surface area contributed by atoms with Gasteiger partial charge in [-0.25, -0.2) is 0 Å². The highest BCUT2D eigenvalue weighted by Gasteiger charge is 2.20. The Kier molecular flexibility index (Phi) is 6.84. The van der Waals surface area contributed by atoms with Crippen molar-refractivity contribution in [3.05, 3.63) is 0 Å². The van der Waals surface area contributed by atoms with Crippen LogP contribution in [-0.4, -0.2) is 36.1 Å². The summed E-state index contributed by atoms with van der Waals surface area (Å²) in [5.41, 5.74) is 0. The largest absolute Gasteiger partial charge is 0.481 e. The second kappa shape index (κ2) is 8.15. The van der Waals surface area contributed by atoms with Crippen molar-refractivity contribution >= 4 is 11.9 Å². The van der Waals surface area contributed by atoms with Gasteiger partial charge in [-0.1, -0.05) is 13.8 Å². The molecule has 1 atom stereocenters.